The van der Waals surface area contributed by atoms with E-state index >= 15 is 0 Å². The van der Waals surface area contributed by atoms with E-state index in [0.29, 0.717) is 16.2 Å². The van der Waals surface area contributed by atoms with Crippen molar-refractivity contribution in [3.8, 4) is 0 Å². The van der Waals surface area contributed by atoms with E-state index in [9.17, 15) is 13.2 Å². The maximum atomic E-state index is 12.5. The zero-order valence-electron chi connectivity index (χ0n) is 9.15. The van der Waals surface area contributed by atoms with Crippen molar-refractivity contribution in [1.82, 2.24) is 15.4 Å². The number of rotatable bonds is 3. The zero-order chi connectivity index (χ0) is 13.3. The lowest BCUT2D eigenvalue weighted by atomic mass is 10.2. The van der Waals surface area contributed by atoms with Crippen molar-refractivity contribution < 1.29 is 13.2 Å². The second-order valence-electron chi connectivity index (χ2n) is 3.47. The third-order valence-electron chi connectivity index (χ3n) is 2.26. The number of halogens is 3. The first-order valence-corrected chi connectivity index (χ1v) is 6.52. The van der Waals surface area contributed by atoms with Gasteiger partial charge in [-0.2, -0.15) is 13.2 Å². The zero-order valence-corrected chi connectivity index (χ0v) is 10.8. The summed E-state index contributed by atoms with van der Waals surface area (Å²) in [6.45, 7) is 1.78. The van der Waals surface area contributed by atoms with Crippen molar-refractivity contribution in [1.29, 1.82) is 0 Å². The first kappa shape index (κ1) is 13.4. The third kappa shape index (κ3) is 2.53. The van der Waals surface area contributed by atoms with Crippen LogP contribution in [0.15, 0.2) is 11.7 Å². The standard InChI is InChI=1S/C9H9F3N4S2/c1-4-7(17-3-15-4)6(16-13)5-2-14-8(18-5)9(10,11)12/h2-3,6,16H,13H2,1H3. The monoisotopic (exact) mass is 294 g/mol. The Kier molecular flexibility index (Phi) is 3.66. The Hall–Kier alpha value is -1.03. The highest BCUT2D eigenvalue weighted by atomic mass is 32.1. The molecule has 18 heavy (non-hydrogen) atoms. The van der Waals surface area contributed by atoms with Crippen LogP contribution in [0.25, 0.3) is 0 Å². The summed E-state index contributed by atoms with van der Waals surface area (Å²) in [5.74, 6) is 5.41. The summed E-state index contributed by atoms with van der Waals surface area (Å²) in [5.41, 5.74) is 4.87. The van der Waals surface area contributed by atoms with Gasteiger partial charge in [-0.3, -0.25) is 5.84 Å². The quantitative estimate of drug-likeness (QED) is 0.674. The normalized spacial score (nSPS) is 13.8. The van der Waals surface area contributed by atoms with E-state index in [4.69, 9.17) is 5.84 Å². The van der Waals surface area contributed by atoms with Gasteiger partial charge in [0, 0.05) is 11.1 Å². The van der Waals surface area contributed by atoms with E-state index < -0.39 is 17.2 Å². The molecule has 9 heteroatoms. The largest absolute Gasteiger partial charge is 0.443 e. The van der Waals surface area contributed by atoms with Crippen molar-refractivity contribution >= 4 is 22.7 Å². The highest BCUT2D eigenvalue weighted by molar-refractivity contribution is 7.12. The van der Waals surface area contributed by atoms with Crippen LogP contribution in [0.1, 0.15) is 26.5 Å². The van der Waals surface area contributed by atoms with E-state index in [1.54, 1.807) is 12.4 Å². The molecule has 2 aromatic rings. The molecular formula is C9H9F3N4S2. The number of hydrogen-bond donors (Lipinski definition) is 2. The van der Waals surface area contributed by atoms with E-state index in [2.05, 4.69) is 15.4 Å². The summed E-state index contributed by atoms with van der Waals surface area (Å²) in [6.07, 6.45) is -3.23. The van der Waals surface area contributed by atoms with Crippen LogP contribution in [0.4, 0.5) is 13.2 Å². The molecule has 0 spiro atoms. The summed E-state index contributed by atoms with van der Waals surface area (Å²) < 4.78 is 37.4. The van der Waals surface area contributed by atoms with Gasteiger partial charge in [-0.1, -0.05) is 0 Å². The molecule has 2 rings (SSSR count). The molecule has 0 amide bonds. The lowest BCUT2D eigenvalue weighted by Crippen LogP contribution is -2.28. The number of thiazole rings is 2. The average Bonchev–Trinajstić information content (AvgIpc) is 2.89. The topological polar surface area (TPSA) is 63.8 Å². The van der Waals surface area contributed by atoms with Gasteiger partial charge >= 0.3 is 6.18 Å². The first-order valence-electron chi connectivity index (χ1n) is 4.82. The molecule has 0 saturated carbocycles. The van der Waals surface area contributed by atoms with Gasteiger partial charge in [0.15, 0.2) is 5.01 Å². The maximum absolute atomic E-state index is 12.5. The van der Waals surface area contributed by atoms with Crippen LogP contribution in [0.3, 0.4) is 0 Å². The molecule has 0 aromatic carbocycles. The van der Waals surface area contributed by atoms with Crippen LogP contribution in [-0.2, 0) is 6.18 Å². The summed E-state index contributed by atoms with van der Waals surface area (Å²) in [4.78, 5) is 8.63. The summed E-state index contributed by atoms with van der Waals surface area (Å²) in [7, 11) is 0. The van der Waals surface area contributed by atoms with Crippen LogP contribution < -0.4 is 11.3 Å². The Bertz CT molecular complexity index is 534. The van der Waals surface area contributed by atoms with Gasteiger partial charge in [0.1, 0.15) is 0 Å². The van der Waals surface area contributed by atoms with Crippen molar-refractivity contribution in [2.45, 2.75) is 19.1 Å². The second-order valence-corrected chi connectivity index (χ2v) is 5.42. The van der Waals surface area contributed by atoms with Crippen LogP contribution in [0, 0.1) is 6.92 Å². The number of hydrazine groups is 1. The molecule has 1 atom stereocenters. The highest BCUT2D eigenvalue weighted by Crippen LogP contribution is 2.37. The van der Waals surface area contributed by atoms with Crippen LogP contribution in [0.2, 0.25) is 0 Å². The molecule has 2 heterocycles. The van der Waals surface area contributed by atoms with Gasteiger partial charge in [-0.05, 0) is 6.92 Å². The predicted octanol–water partition coefficient (Wildman–Crippen LogP) is 2.48. The highest BCUT2D eigenvalue weighted by Gasteiger charge is 2.35. The number of aromatic nitrogens is 2. The Balaban J connectivity index is 2.35. The minimum Gasteiger partial charge on any atom is -0.271 e. The fourth-order valence-electron chi connectivity index (χ4n) is 1.43. The molecule has 0 bridgehead atoms. The first-order chi connectivity index (χ1) is 8.43. The number of nitrogens with two attached hydrogens (primary N) is 1. The number of nitrogens with one attached hydrogen (secondary N) is 1. The fourth-order valence-corrected chi connectivity index (χ4v) is 3.23. The molecule has 0 fully saturated rings. The molecule has 0 aliphatic heterocycles. The number of hydrogen-bond acceptors (Lipinski definition) is 6. The molecule has 0 radical (unpaired) electrons. The Morgan fingerprint density at radius 3 is 2.56 bits per heavy atom. The van der Waals surface area contributed by atoms with Crippen LogP contribution in [0.5, 0.6) is 0 Å². The maximum Gasteiger partial charge on any atom is 0.443 e. The Morgan fingerprint density at radius 2 is 2.11 bits per heavy atom. The third-order valence-corrected chi connectivity index (χ3v) is 4.36. The summed E-state index contributed by atoms with van der Waals surface area (Å²) in [5, 5.41) is -0.875. The van der Waals surface area contributed by atoms with E-state index in [0.717, 1.165) is 10.6 Å². The SMILES string of the molecule is Cc1ncsc1C(NN)c1cnc(C(F)(F)F)s1. The summed E-state index contributed by atoms with van der Waals surface area (Å²) in [6, 6.07) is -0.508. The molecule has 3 N–H and O–H groups in total. The second kappa shape index (κ2) is 4.92. The smallest absolute Gasteiger partial charge is 0.271 e. The van der Waals surface area contributed by atoms with Gasteiger partial charge in [-0.25, -0.2) is 15.4 Å². The van der Waals surface area contributed by atoms with Crippen LogP contribution in [-0.4, -0.2) is 9.97 Å². The number of alkyl halides is 3. The van der Waals surface area contributed by atoms with Crippen molar-refractivity contribution in [2.24, 2.45) is 5.84 Å². The van der Waals surface area contributed by atoms with E-state index in [-0.39, 0.29) is 0 Å². The molecule has 4 nitrogen and oxygen atoms in total. The van der Waals surface area contributed by atoms with Crippen molar-refractivity contribution in [3.05, 3.63) is 32.2 Å². The Morgan fingerprint density at radius 1 is 1.39 bits per heavy atom. The van der Waals surface area contributed by atoms with Gasteiger partial charge in [0.25, 0.3) is 0 Å². The van der Waals surface area contributed by atoms with Gasteiger partial charge in [-0.15, -0.1) is 22.7 Å². The minimum atomic E-state index is -4.43. The van der Waals surface area contributed by atoms with Gasteiger partial charge in [0.2, 0.25) is 0 Å². The molecule has 1 unspecified atom stereocenters. The lowest BCUT2D eigenvalue weighted by Gasteiger charge is -2.12. The van der Waals surface area contributed by atoms with Crippen molar-refractivity contribution in [2.75, 3.05) is 0 Å². The van der Waals surface area contributed by atoms with Crippen molar-refractivity contribution in [3.63, 3.8) is 0 Å². The van der Waals surface area contributed by atoms with Gasteiger partial charge < -0.3 is 0 Å². The molecule has 0 aliphatic carbocycles. The molecule has 0 aliphatic rings. The number of aryl methyl sites for hydroxylation is 1. The Labute approximate surface area is 109 Å². The predicted molar refractivity (Wildman–Crippen MR) is 63.1 cm³/mol. The average molecular weight is 294 g/mol. The minimum absolute atomic E-state index is 0.414. The summed E-state index contributed by atoms with van der Waals surface area (Å²) >= 11 is 1.92. The van der Waals surface area contributed by atoms with E-state index in [1.807, 2.05) is 0 Å². The molecule has 0 saturated heterocycles. The molecule has 2 aromatic heterocycles. The van der Waals surface area contributed by atoms with Crippen LogP contribution >= 0.6 is 22.7 Å². The lowest BCUT2D eigenvalue weighted by molar-refractivity contribution is -0.137. The fraction of sp³-hybridized carbons (Fsp3) is 0.333. The number of nitrogens with zero attached hydrogens (tertiary/aromatic N) is 2. The van der Waals surface area contributed by atoms with Gasteiger partial charge in [0.05, 0.1) is 22.1 Å². The molecular weight excluding hydrogens is 285 g/mol. The molecule has 98 valence electrons. The van der Waals surface area contributed by atoms with E-state index in [1.165, 1.54) is 17.5 Å².